The molecule has 0 saturated heterocycles. The van der Waals surface area contributed by atoms with Gasteiger partial charge in [-0.15, -0.1) is 11.6 Å². The smallest absolute Gasteiger partial charge is 0.252 e. The second kappa shape index (κ2) is 5.53. The van der Waals surface area contributed by atoms with E-state index in [1.807, 2.05) is 0 Å². The summed E-state index contributed by atoms with van der Waals surface area (Å²) < 4.78 is 4.88. The van der Waals surface area contributed by atoms with Crippen LogP contribution < -0.4 is 5.11 Å². The minimum Gasteiger partial charge on any atom is -0.535 e. The van der Waals surface area contributed by atoms with Crippen molar-refractivity contribution in [1.29, 1.82) is 0 Å². The molecule has 0 heterocycles. The van der Waals surface area contributed by atoms with Gasteiger partial charge in [-0.2, -0.15) is 0 Å². The van der Waals surface area contributed by atoms with Crippen molar-refractivity contribution < 1.29 is 14.6 Å². The summed E-state index contributed by atoms with van der Waals surface area (Å²) in [6.45, 7) is 5.05. The minimum absolute atomic E-state index is 0.0323. The zero-order valence-corrected chi connectivity index (χ0v) is 14.0. The number of hydrogen-bond acceptors (Lipinski definition) is 3. The van der Waals surface area contributed by atoms with Crippen LogP contribution in [0, 0.1) is 5.41 Å². The Balaban J connectivity index is 3.61. The third kappa shape index (κ3) is 2.68. The van der Waals surface area contributed by atoms with Gasteiger partial charge in [0.15, 0.2) is 0 Å². The van der Waals surface area contributed by atoms with Crippen molar-refractivity contribution in [3.8, 4) is 0 Å². The molecule has 0 spiro atoms. The SMILES string of the molecule is CC(C)(C)C1(OC(=O)[O-])C(Cl)=C(Cl)C(Cl)=C(Cl)C1Cl. The molecule has 0 aromatic heterocycles. The molecule has 1 aliphatic rings. The summed E-state index contributed by atoms with van der Waals surface area (Å²) >= 11 is 30.2. The van der Waals surface area contributed by atoms with Crippen LogP contribution in [0.25, 0.3) is 0 Å². The highest BCUT2D eigenvalue weighted by Gasteiger charge is 2.55. The number of hydrogen-bond donors (Lipinski definition) is 0. The molecule has 1 rings (SSSR count). The first-order valence-corrected chi connectivity index (χ1v) is 7.07. The lowest BCUT2D eigenvalue weighted by Crippen LogP contribution is -2.57. The molecule has 0 amide bonds. The van der Waals surface area contributed by atoms with Crippen molar-refractivity contribution in [1.82, 2.24) is 0 Å². The average Bonchev–Trinajstić information content (AvgIpc) is 2.27. The Morgan fingerprint density at radius 3 is 2.05 bits per heavy atom. The first-order valence-electron chi connectivity index (χ1n) is 5.12. The molecule has 0 bridgehead atoms. The number of allylic oxidation sites excluding steroid dienone is 2. The van der Waals surface area contributed by atoms with Gasteiger partial charge in [0, 0.05) is 0 Å². The van der Waals surface area contributed by atoms with E-state index in [-0.39, 0.29) is 20.1 Å². The van der Waals surface area contributed by atoms with Gasteiger partial charge in [0.05, 0.1) is 25.5 Å². The van der Waals surface area contributed by atoms with E-state index in [0.717, 1.165) is 0 Å². The summed E-state index contributed by atoms with van der Waals surface area (Å²) in [4.78, 5) is 10.9. The van der Waals surface area contributed by atoms with E-state index in [0.29, 0.717) is 0 Å². The van der Waals surface area contributed by atoms with E-state index < -0.39 is 22.5 Å². The van der Waals surface area contributed by atoms with Crippen molar-refractivity contribution in [3.05, 3.63) is 20.1 Å². The van der Waals surface area contributed by atoms with Gasteiger partial charge in [0.2, 0.25) is 0 Å². The van der Waals surface area contributed by atoms with Crippen LogP contribution in [0.1, 0.15) is 20.8 Å². The molecule has 8 heteroatoms. The van der Waals surface area contributed by atoms with Crippen molar-refractivity contribution in [2.75, 3.05) is 0 Å². The summed E-state index contributed by atoms with van der Waals surface area (Å²) in [5.41, 5.74) is -2.52. The highest BCUT2D eigenvalue weighted by molar-refractivity contribution is 6.53. The van der Waals surface area contributed by atoms with Gasteiger partial charge in [0.25, 0.3) is 6.16 Å². The topological polar surface area (TPSA) is 49.4 Å². The Kier molecular flexibility index (Phi) is 5.02. The number of ether oxygens (including phenoxy) is 1. The minimum atomic E-state index is -1.79. The fourth-order valence-electron chi connectivity index (χ4n) is 1.86. The molecule has 0 radical (unpaired) electrons. The number of alkyl halides is 1. The van der Waals surface area contributed by atoms with Crippen LogP contribution >= 0.6 is 58.0 Å². The van der Waals surface area contributed by atoms with E-state index in [4.69, 9.17) is 62.7 Å². The third-order valence-corrected chi connectivity index (χ3v) is 5.43. The first kappa shape index (κ1) is 17.3. The largest absolute Gasteiger partial charge is 0.535 e. The number of carbonyl (C=O) groups is 1. The molecule has 0 saturated carbocycles. The van der Waals surface area contributed by atoms with Crippen LogP contribution in [0.5, 0.6) is 0 Å². The zero-order valence-electron chi connectivity index (χ0n) is 10.2. The standard InChI is InChI=1S/C11H11Cl5O3/c1-10(2,3)11(19-9(17)18)7(15)5(13)4(12)6(14)8(11)16/h7H,1-3H3,(H,17,18)/p-1. The molecule has 2 unspecified atom stereocenters. The summed E-state index contributed by atoms with van der Waals surface area (Å²) in [6, 6.07) is 0. The molecular weight excluding hydrogens is 357 g/mol. The molecule has 0 fully saturated rings. The fourth-order valence-corrected chi connectivity index (χ4v) is 3.87. The molecule has 0 aromatic carbocycles. The Hall–Kier alpha value is 0.200. The average molecular weight is 367 g/mol. The summed E-state index contributed by atoms with van der Waals surface area (Å²) in [6.07, 6.45) is -1.79. The van der Waals surface area contributed by atoms with Gasteiger partial charge in [-0.05, 0) is 5.41 Å². The van der Waals surface area contributed by atoms with Gasteiger partial charge in [0.1, 0.15) is 5.60 Å². The maximum Gasteiger partial charge on any atom is 0.252 e. The Labute approximate surface area is 136 Å². The maximum atomic E-state index is 10.9. The van der Waals surface area contributed by atoms with Gasteiger partial charge in [-0.25, -0.2) is 0 Å². The van der Waals surface area contributed by atoms with Crippen molar-refractivity contribution in [3.63, 3.8) is 0 Å². The van der Waals surface area contributed by atoms with E-state index in [2.05, 4.69) is 0 Å². The summed E-state index contributed by atoms with van der Waals surface area (Å²) in [5.74, 6) is 0. The number of halogens is 5. The van der Waals surface area contributed by atoms with Gasteiger partial charge in [-0.1, -0.05) is 67.2 Å². The fraction of sp³-hybridized carbons (Fsp3) is 0.545. The maximum absolute atomic E-state index is 10.9. The van der Waals surface area contributed by atoms with Crippen LogP contribution in [-0.4, -0.2) is 17.1 Å². The lowest BCUT2D eigenvalue weighted by molar-refractivity contribution is -0.298. The number of rotatable bonds is 1. The van der Waals surface area contributed by atoms with Crippen LogP contribution in [0.3, 0.4) is 0 Å². The molecule has 0 aliphatic heterocycles. The van der Waals surface area contributed by atoms with Crippen LogP contribution in [0.15, 0.2) is 20.1 Å². The molecule has 3 nitrogen and oxygen atoms in total. The van der Waals surface area contributed by atoms with Gasteiger partial charge in [-0.3, -0.25) is 0 Å². The Morgan fingerprint density at radius 2 is 1.68 bits per heavy atom. The second-order valence-electron chi connectivity index (χ2n) is 4.99. The lowest BCUT2D eigenvalue weighted by atomic mass is 9.72. The van der Waals surface area contributed by atoms with E-state index in [1.54, 1.807) is 20.8 Å². The quantitative estimate of drug-likeness (QED) is 0.517. The van der Waals surface area contributed by atoms with Crippen molar-refractivity contribution in [2.24, 2.45) is 5.41 Å². The van der Waals surface area contributed by atoms with Gasteiger partial charge < -0.3 is 14.6 Å². The zero-order chi connectivity index (χ0) is 15.2. The molecule has 2 atom stereocenters. The molecule has 108 valence electrons. The monoisotopic (exact) mass is 365 g/mol. The molecule has 0 N–H and O–H groups in total. The summed E-state index contributed by atoms with van der Waals surface area (Å²) in [7, 11) is 0. The molecule has 19 heavy (non-hydrogen) atoms. The highest BCUT2D eigenvalue weighted by atomic mass is 35.5. The molecule has 1 aliphatic carbocycles. The highest BCUT2D eigenvalue weighted by Crippen LogP contribution is 2.55. The van der Waals surface area contributed by atoms with E-state index >= 15 is 0 Å². The Morgan fingerprint density at radius 1 is 1.21 bits per heavy atom. The van der Waals surface area contributed by atoms with Crippen molar-refractivity contribution in [2.45, 2.75) is 31.7 Å². The van der Waals surface area contributed by atoms with Crippen LogP contribution in [-0.2, 0) is 4.74 Å². The predicted octanol–water partition coefficient (Wildman–Crippen LogP) is 4.13. The number of carboxylic acid groups (broad SMARTS) is 1. The molecule has 0 aromatic rings. The normalized spacial score (nSPS) is 28.7. The van der Waals surface area contributed by atoms with Crippen molar-refractivity contribution >= 4 is 64.2 Å². The molecular formula is C11H10Cl5O3-. The number of carbonyl (C=O) groups excluding carboxylic acids is 1. The Bertz CT molecular complexity index is 477. The summed E-state index contributed by atoms with van der Waals surface area (Å²) in [5, 5.41) is 9.49. The second-order valence-corrected chi connectivity index (χ2v) is 6.97. The first-order chi connectivity index (χ1) is 8.46. The lowest BCUT2D eigenvalue weighted by Gasteiger charge is -2.51. The van der Waals surface area contributed by atoms with Crippen LogP contribution in [0.2, 0.25) is 0 Å². The van der Waals surface area contributed by atoms with E-state index in [9.17, 15) is 9.90 Å². The van der Waals surface area contributed by atoms with E-state index in [1.165, 1.54) is 0 Å². The van der Waals surface area contributed by atoms with Crippen LogP contribution in [0.4, 0.5) is 4.79 Å². The predicted molar refractivity (Wildman–Crippen MR) is 75.8 cm³/mol. The van der Waals surface area contributed by atoms with Gasteiger partial charge >= 0.3 is 0 Å². The third-order valence-electron chi connectivity index (χ3n) is 2.86.